The molecule has 1 aliphatic heterocycles. The van der Waals surface area contributed by atoms with Crippen LogP contribution in [-0.4, -0.2) is 6.61 Å². The van der Waals surface area contributed by atoms with E-state index in [1.165, 1.54) is 6.07 Å². The molecule has 34 heavy (non-hydrogen) atoms. The van der Waals surface area contributed by atoms with Crippen molar-refractivity contribution in [1.82, 2.24) is 0 Å². The van der Waals surface area contributed by atoms with E-state index >= 15 is 0 Å². The first kappa shape index (κ1) is 22.7. The summed E-state index contributed by atoms with van der Waals surface area (Å²) in [6, 6.07) is 16.4. The molecule has 1 heterocycles. The quantitative estimate of drug-likeness (QED) is 0.257. The lowest BCUT2D eigenvalue weighted by Crippen LogP contribution is -2.06. The van der Waals surface area contributed by atoms with Crippen LogP contribution in [0.5, 0.6) is 0 Å². The monoisotopic (exact) mass is 460 g/mol. The zero-order chi connectivity index (χ0) is 23.7. The van der Waals surface area contributed by atoms with E-state index in [2.05, 4.69) is 6.58 Å². The van der Waals surface area contributed by atoms with Gasteiger partial charge in [-0.25, -0.2) is 13.2 Å². The predicted molar refractivity (Wildman–Crippen MR) is 130 cm³/mol. The Morgan fingerprint density at radius 1 is 0.912 bits per heavy atom. The molecule has 2 aliphatic rings. The van der Waals surface area contributed by atoms with Crippen LogP contribution >= 0.6 is 0 Å². The Balaban J connectivity index is 1.25. The van der Waals surface area contributed by atoms with Gasteiger partial charge in [0, 0.05) is 11.1 Å². The number of ether oxygens (including phenoxy) is 1. The third-order valence-corrected chi connectivity index (χ3v) is 6.94. The number of allylic oxidation sites excluding steroid dienone is 3. The highest BCUT2D eigenvalue weighted by Crippen LogP contribution is 2.35. The van der Waals surface area contributed by atoms with E-state index in [-0.39, 0.29) is 11.9 Å². The summed E-state index contributed by atoms with van der Waals surface area (Å²) in [6.07, 6.45) is 7.30. The van der Waals surface area contributed by atoms with Crippen molar-refractivity contribution in [3.05, 3.63) is 113 Å². The van der Waals surface area contributed by atoms with Crippen LogP contribution in [-0.2, 0) is 17.6 Å². The lowest BCUT2D eigenvalue weighted by atomic mass is 9.86. The molecular weight excluding hydrogens is 433 g/mol. The predicted octanol–water partition coefficient (Wildman–Crippen LogP) is 8.00. The molecule has 1 saturated heterocycles. The fourth-order valence-corrected chi connectivity index (χ4v) is 4.68. The average Bonchev–Trinajstić information content (AvgIpc) is 3.71. The standard InChI is InChI=1S/C30H27F3O/c1-2-19-3-10-22(11-4-19)25-15-13-23(29(32)30(25)33)12-7-20-5-8-21(9-6-20)24-14-16-26(27(31)17-24)28-18-34-28/h2,5-6,8-10,13-17,19,28H,1,3-4,7,11-12,18H2. The highest BCUT2D eigenvalue weighted by molar-refractivity contribution is 5.67. The van der Waals surface area contributed by atoms with E-state index in [9.17, 15) is 13.2 Å². The van der Waals surface area contributed by atoms with Gasteiger partial charge in [0.25, 0.3) is 0 Å². The van der Waals surface area contributed by atoms with Crippen LogP contribution in [0.3, 0.4) is 0 Å². The first-order chi connectivity index (χ1) is 16.5. The molecule has 2 unspecified atom stereocenters. The molecule has 1 aliphatic carbocycles. The largest absolute Gasteiger partial charge is 0.368 e. The highest BCUT2D eigenvalue weighted by Gasteiger charge is 2.27. The van der Waals surface area contributed by atoms with Crippen molar-refractivity contribution in [1.29, 1.82) is 0 Å². The molecule has 3 aromatic carbocycles. The van der Waals surface area contributed by atoms with Gasteiger partial charge >= 0.3 is 0 Å². The summed E-state index contributed by atoms with van der Waals surface area (Å²) in [7, 11) is 0. The summed E-state index contributed by atoms with van der Waals surface area (Å²) in [6.45, 7) is 4.40. The van der Waals surface area contributed by atoms with Gasteiger partial charge < -0.3 is 4.74 Å². The fraction of sp³-hybridized carbons (Fsp3) is 0.267. The van der Waals surface area contributed by atoms with Crippen molar-refractivity contribution in [3.8, 4) is 11.1 Å². The Hall–Kier alpha value is -3.11. The SMILES string of the molecule is C=CC1CC=C(c2ccc(CCc3ccc(-c4ccc(C5CO5)c(F)c4)cc3)c(F)c2F)CC1. The minimum atomic E-state index is -0.754. The van der Waals surface area contributed by atoms with Crippen LogP contribution in [0.1, 0.15) is 47.6 Å². The topological polar surface area (TPSA) is 12.5 Å². The maximum atomic E-state index is 14.8. The van der Waals surface area contributed by atoms with Crippen molar-refractivity contribution in [3.63, 3.8) is 0 Å². The summed E-state index contributed by atoms with van der Waals surface area (Å²) in [5, 5.41) is 0. The molecular formula is C30H27F3O. The number of hydrogen-bond acceptors (Lipinski definition) is 1. The maximum absolute atomic E-state index is 14.8. The molecule has 1 fully saturated rings. The molecule has 0 bridgehead atoms. The van der Waals surface area contributed by atoms with Gasteiger partial charge in [-0.15, -0.1) is 6.58 Å². The van der Waals surface area contributed by atoms with Gasteiger partial charge in [-0.1, -0.05) is 60.7 Å². The van der Waals surface area contributed by atoms with E-state index in [0.29, 0.717) is 42.1 Å². The van der Waals surface area contributed by atoms with Crippen molar-refractivity contribution in [2.45, 2.75) is 38.2 Å². The smallest absolute Gasteiger partial charge is 0.166 e. The third-order valence-electron chi connectivity index (χ3n) is 6.94. The summed E-state index contributed by atoms with van der Waals surface area (Å²) in [5.41, 5.74) is 4.96. The van der Waals surface area contributed by atoms with Gasteiger partial charge in [0.15, 0.2) is 11.6 Å². The molecule has 4 heteroatoms. The van der Waals surface area contributed by atoms with Crippen molar-refractivity contribution >= 4 is 5.57 Å². The van der Waals surface area contributed by atoms with Gasteiger partial charge in [-0.3, -0.25) is 0 Å². The summed E-state index contributed by atoms with van der Waals surface area (Å²) >= 11 is 0. The lowest BCUT2D eigenvalue weighted by Gasteiger charge is -2.20. The first-order valence-corrected chi connectivity index (χ1v) is 11.8. The van der Waals surface area contributed by atoms with Crippen molar-refractivity contribution in [2.24, 2.45) is 5.92 Å². The zero-order valence-electron chi connectivity index (χ0n) is 19.0. The number of epoxide rings is 1. The second-order valence-corrected chi connectivity index (χ2v) is 9.15. The Bertz CT molecular complexity index is 1240. The van der Waals surface area contributed by atoms with E-state index in [4.69, 9.17) is 4.74 Å². The Kier molecular flexibility index (Phi) is 6.42. The molecule has 0 radical (unpaired) electrons. The average molecular weight is 461 g/mol. The Morgan fingerprint density at radius 2 is 1.68 bits per heavy atom. The minimum absolute atomic E-state index is 0.111. The van der Waals surface area contributed by atoms with E-state index in [1.54, 1.807) is 18.2 Å². The second kappa shape index (κ2) is 9.63. The normalized spacial score (nSPS) is 19.6. The molecule has 3 aromatic rings. The number of benzene rings is 3. The molecule has 174 valence electrons. The molecule has 0 aromatic heterocycles. The van der Waals surface area contributed by atoms with Crippen LogP contribution in [0.25, 0.3) is 16.7 Å². The van der Waals surface area contributed by atoms with Crippen molar-refractivity contribution in [2.75, 3.05) is 6.61 Å². The van der Waals surface area contributed by atoms with Crippen LogP contribution < -0.4 is 0 Å². The molecule has 5 rings (SSSR count). The first-order valence-electron chi connectivity index (χ1n) is 11.8. The zero-order valence-corrected chi connectivity index (χ0v) is 19.0. The summed E-state index contributed by atoms with van der Waals surface area (Å²) in [5.74, 6) is -1.35. The third kappa shape index (κ3) is 4.74. The Labute approximate surface area is 198 Å². The maximum Gasteiger partial charge on any atom is 0.166 e. The van der Waals surface area contributed by atoms with Gasteiger partial charge in [-0.2, -0.15) is 0 Å². The van der Waals surface area contributed by atoms with Crippen LogP contribution in [0.2, 0.25) is 0 Å². The number of halogens is 3. The van der Waals surface area contributed by atoms with Gasteiger partial charge in [-0.05, 0) is 71.9 Å². The number of aryl methyl sites for hydroxylation is 2. The van der Waals surface area contributed by atoms with Crippen molar-refractivity contribution < 1.29 is 17.9 Å². The second-order valence-electron chi connectivity index (χ2n) is 9.15. The van der Waals surface area contributed by atoms with Gasteiger partial charge in [0.05, 0.1) is 6.61 Å². The number of hydrogen-bond donors (Lipinski definition) is 0. The fourth-order valence-electron chi connectivity index (χ4n) is 4.68. The van der Waals surface area contributed by atoms with Crippen LogP contribution in [0.15, 0.2) is 73.3 Å². The molecule has 2 atom stereocenters. The van der Waals surface area contributed by atoms with E-state index in [0.717, 1.165) is 41.5 Å². The summed E-state index contributed by atoms with van der Waals surface area (Å²) in [4.78, 5) is 0. The van der Waals surface area contributed by atoms with Gasteiger partial charge in [0.1, 0.15) is 11.9 Å². The van der Waals surface area contributed by atoms with Crippen LogP contribution in [0, 0.1) is 23.4 Å². The molecule has 0 amide bonds. The highest BCUT2D eigenvalue weighted by atomic mass is 19.2. The Morgan fingerprint density at radius 3 is 2.32 bits per heavy atom. The van der Waals surface area contributed by atoms with E-state index in [1.807, 2.05) is 42.5 Å². The lowest BCUT2D eigenvalue weighted by molar-refractivity contribution is 0.408. The van der Waals surface area contributed by atoms with Crippen LogP contribution in [0.4, 0.5) is 13.2 Å². The van der Waals surface area contributed by atoms with Gasteiger partial charge in [0.2, 0.25) is 0 Å². The minimum Gasteiger partial charge on any atom is -0.368 e. The molecule has 0 saturated carbocycles. The number of rotatable bonds is 7. The molecule has 0 N–H and O–H groups in total. The molecule has 0 spiro atoms. The summed E-state index contributed by atoms with van der Waals surface area (Å²) < 4.78 is 49.1. The molecule has 1 nitrogen and oxygen atoms in total. The van der Waals surface area contributed by atoms with E-state index < -0.39 is 11.6 Å².